The maximum Gasteiger partial charge on any atom is 0.307 e. The van der Waals surface area contributed by atoms with Crippen molar-refractivity contribution in [1.82, 2.24) is 4.90 Å². The van der Waals surface area contributed by atoms with Gasteiger partial charge in [-0.2, -0.15) is 0 Å². The molecule has 3 heteroatoms. The maximum atomic E-state index is 11.2. The van der Waals surface area contributed by atoms with Gasteiger partial charge in [0.15, 0.2) is 0 Å². The zero-order chi connectivity index (χ0) is 14.7. The van der Waals surface area contributed by atoms with E-state index >= 15 is 0 Å². The van der Waals surface area contributed by atoms with Crippen LogP contribution in [0.5, 0.6) is 0 Å². The molecule has 20 heavy (non-hydrogen) atoms. The minimum absolute atomic E-state index is 0.141. The molecule has 0 bridgehead atoms. The number of carboxylic acid groups (broad SMARTS) is 1. The number of nitrogens with zero attached hydrogens (tertiary/aromatic N) is 1. The summed E-state index contributed by atoms with van der Waals surface area (Å²) in [7, 11) is 0. The first-order valence-electron chi connectivity index (χ1n) is 8.44. The van der Waals surface area contributed by atoms with Crippen LogP contribution in [0.3, 0.4) is 0 Å². The van der Waals surface area contributed by atoms with Gasteiger partial charge in [-0.3, -0.25) is 9.69 Å². The molecule has 3 nitrogen and oxygen atoms in total. The van der Waals surface area contributed by atoms with Crippen LogP contribution in [0, 0.1) is 23.7 Å². The third-order valence-electron chi connectivity index (χ3n) is 5.69. The smallest absolute Gasteiger partial charge is 0.307 e. The second kappa shape index (κ2) is 6.93. The molecule has 1 aliphatic heterocycles. The molecule has 2 unspecified atom stereocenters. The van der Waals surface area contributed by atoms with Crippen molar-refractivity contribution in [3.63, 3.8) is 0 Å². The van der Waals surface area contributed by atoms with Gasteiger partial charge in [-0.05, 0) is 63.2 Å². The molecule has 0 spiro atoms. The summed E-state index contributed by atoms with van der Waals surface area (Å²) in [6, 6.07) is 0.563. The lowest BCUT2D eigenvalue weighted by Gasteiger charge is -2.40. The molecule has 2 fully saturated rings. The van der Waals surface area contributed by atoms with Crippen molar-refractivity contribution < 1.29 is 9.90 Å². The van der Waals surface area contributed by atoms with Gasteiger partial charge in [0, 0.05) is 19.1 Å². The number of aliphatic carboxylic acids is 1. The number of carbonyl (C=O) groups is 1. The standard InChI is InChI=1S/C17H31NO2/c1-12(2)15-8-5-14(6-9-15)10-18-11-16(17(19)20)7-4-13(18)3/h12-16H,4-11H2,1-3H3,(H,19,20). The summed E-state index contributed by atoms with van der Waals surface area (Å²) in [4.78, 5) is 13.6. The summed E-state index contributed by atoms with van der Waals surface area (Å²) in [5, 5.41) is 9.22. The topological polar surface area (TPSA) is 40.5 Å². The molecule has 2 rings (SSSR count). The van der Waals surface area contributed by atoms with E-state index in [9.17, 15) is 9.90 Å². The zero-order valence-corrected chi connectivity index (χ0v) is 13.3. The van der Waals surface area contributed by atoms with Crippen molar-refractivity contribution in [2.45, 2.75) is 65.3 Å². The Labute approximate surface area is 123 Å². The van der Waals surface area contributed by atoms with Crippen LogP contribution in [0.1, 0.15) is 59.3 Å². The molecular weight excluding hydrogens is 250 g/mol. The Bertz CT molecular complexity index is 321. The van der Waals surface area contributed by atoms with Gasteiger partial charge in [-0.1, -0.05) is 13.8 Å². The Morgan fingerprint density at radius 2 is 1.80 bits per heavy atom. The molecule has 0 amide bonds. The fourth-order valence-corrected chi connectivity index (χ4v) is 4.00. The Balaban J connectivity index is 1.82. The summed E-state index contributed by atoms with van der Waals surface area (Å²) in [5.74, 6) is 1.78. The van der Waals surface area contributed by atoms with Crippen molar-refractivity contribution in [1.29, 1.82) is 0 Å². The lowest BCUT2D eigenvalue weighted by molar-refractivity contribution is -0.144. The molecular formula is C17H31NO2. The Hall–Kier alpha value is -0.570. The molecule has 1 saturated carbocycles. The van der Waals surface area contributed by atoms with Gasteiger partial charge in [-0.15, -0.1) is 0 Å². The molecule has 0 aromatic rings. The fourth-order valence-electron chi connectivity index (χ4n) is 4.00. The Morgan fingerprint density at radius 3 is 2.35 bits per heavy atom. The van der Waals surface area contributed by atoms with Gasteiger partial charge in [0.1, 0.15) is 0 Å². The van der Waals surface area contributed by atoms with Crippen molar-refractivity contribution in [3.8, 4) is 0 Å². The van der Waals surface area contributed by atoms with Crippen molar-refractivity contribution in [3.05, 3.63) is 0 Å². The molecule has 2 aliphatic rings. The van der Waals surface area contributed by atoms with E-state index in [0.717, 1.165) is 43.7 Å². The number of piperidine rings is 1. The summed E-state index contributed by atoms with van der Waals surface area (Å²) >= 11 is 0. The maximum absolute atomic E-state index is 11.2. The van der Waals surface area contributed by atoms with E-state index in [1.807, 2.05) is 0 Å². The minimum atomic E-state index is -0.606. The molecule has 116 valence electrons. The van der Waals surface area contributed by atoms with Gasteiger partial charge in [-0.25, -0.2) is 0 Å². The SMILES string of the molecule is CC(C)C1CCC(CN2CC(C(=O)O)CCC2C)CC1. The van der Waals surface area contributed by atoms with Crippen LogP contribution in [0.2, 0.25) is 0 Å². The van der Waals surface area contributed by atoms with Gasteiger partial charge < -0.3 is 5.11 Å². The summed E-state index contributed by atoms with van der Waals surface area (Å²) in [6.45, 7) is 8.83. The summed E-state index contributed by atoms with van der Waals surface area (Å²) in [5.41, 5.74) is 0. The lowest BCUT2D eigenvalue weighted by atomic mass is 9.76. The second-order valence-electron chi connectivity index (χ2n) is 7.44. The third kappa shape index (κ3) is 3.97. The molecule has 0 aromatic heterocycles. The second-order valence-corrected chi connectivity index (χ2v) is 7.44. The largest absolute Gasteiger partial charge is 0.481 e. The van der Waals surface area contributed by atoms with Gasteiger partial charge in [0.2, 0.25) is 0 Å². The highest BCUT2D eigenvalue weighted by atomic mass is 16.4. The van der Waals surface area contributed by atoms with E-state index in [0.29, 0.717) is 6.04 Å². The number of hydrogen-bond acceptors (Lipinski definition) is 2. The highest BCUT2D eigenvalue weighted by molar-refractivity contribution is 5.70. The minimum Gasteiger partial charge on any atom is -0.481 e. The van der Waals surface area contributed by atoms with E-state index in [4.69, 9.17) is 0 Å². The average molecular weight is 281 g/mol. The normalized spacial score (nSPS) is 36.2. The van der Waals surface area contributed by atoms with E-state index in [1.165, 1.54) is 25.7 Å². The third-order valence-corrected chi connectivity index (χ3v) is 5.69. The van der Waals surface area contributed by atoms with E-state index in [1.54, 1.807) is 0 Å². The average Bonchev–Trinajstić information content (AvgIpc) is 2.41. The quantitative estimate of drug-likeness (QED) is 0.855. The fraction of sp³-hybridized carbons (Fsp3) is 0.941. The molecule has 1 saturated heterocycles. The van der Waals surface area contributed by atoms with Crippen LogP contribution in [0.25, 0.3) is 0 Å². The molecule has 1 aliphatic carbocycles. The zero-order valence-electron chi connectivity index (χ0n) is 13.3. The number of carboxylic acids is 1. The first kappa shape index (κ1) is 15.8. The molecule has 0 radical (unpaired) electrons. The van der Waals surface area contributed by atoms with E-state index in [-0.39, 0.29) is 5.92 Å². The van der Waals surface area contributed by atoms with Crippen LogP contribution >= 0.6 is 0 Å². The molecule has 1 heterocycles. The first-order valence-corrected chi connectivity index (χ1v) is 8.44. The molecule has 1 N–H and O–H groups in total. The predicted molar refractivity (Wildman–Crippen MR) is 81.7 cm³/mol. The number of rotatable bonds is 4. The van der Waals surface area contributed by atoms with E-state index in [2.05, 4.69) is 25.7 Å². The van der Waals surface area contributed by atoms with Crippen molar-refractivity contribution in [2.75, 3.05) is 13.1 Å². The highest BCUT2D eigenvalue weighted by Gasteiger charge is 2.32. The Kier molecular flexibility index (Phi) is 5.48. The molecule has 2 atom stereocenters. The van der Waals surface area contributed by atoms with Crippen LogP contribution in [-0.2, 0) is 4.79 Å². The summed E-state index contributed by atoms with van der Waals surface area (Å²) in [6.07, 6.45) is 7.30. The number of likely N-dealkylation sites (tertiary alicyclic amines) is 1. The Morgan fingerprint density at radius 1 is 1.15 bits per heavy atom. The van der Waals surface area contributed by atoms with Gasteiger partial charge in [0.05, 0.1) is 5.92 Å². The highest BCUT2D eigenvalue weighted by Crippen LogP contribution is 2.34. The first-order chi connectivity index (χ1) is 9.47. The summed E-state index contributed by atoms with van der Waals surface area (Å²) < 4.78 is 0. The van der Waals surface area contributed by atoms with Crippen LogP contribution in [-0.4, -0.2) is 35.1 Å². The van der Waals surface area contributed by atoms with Gasteiger partial charge >= 0.3 is 5.97 Å². The molecule has 0 aromatic carbocycles. The van der Waals surface area contributed by atoms with Crippen molar-refractivity contribution in [2.24, 2.45) is 23.7 Å². The van der Waals surface area contributed by atoms with Crippen LogP contribution < -0.4 is 0 Å². The van der Waals surface area contributed by atoms with Gasteiger partial charge in [0.25, 0.3) is 0 Å². The van der Waals surface area contributed by atoms with Crippen molar-refractivity contribution >= 4 is 5.97 Å². The van der Waals surface area contributed by atoms with E-state index < -0.39 is 5.97 Å². The lowest BCUT2D eigenvalue weighted by Crippen LogP contribution is -2.46. The predicted octanol–water partition coefficient (Wildman–Crippen LogP) is 3.63. The van der Waals surface area contributed by atoms with Crippen LogP contribution in [0.4, 0.5) is 0 Å². The monoisotopic (exact) mass is 281 g/mol. The number of hydrogen-bond donors (Lipinski definition) is 1. The van der Waals surface area contributed by atoms with Crippen LogP contribution in [0.15, 0.2) is 0 Å².